The summed E-state index contributed by atoms with van der Waals surface area (Å²) in [7, 11) is 0. The molecule has 0 radical (unpaired) electrons. The van der Waals surface area contributed by atoms with Gasteiger partial charge < -0.3 is 9.84 Å². The number of anilines is 1. The van der Waals surface area contributed by atoms with Crippen molar-refractivity contribution in [2.45, 2.75) is 19.9 Å². The molecule has 2 aromatic carbocycles. The first-order valence-corrected chi connectivity index (χ1v) is 9.44. The van der Waals surface area contributed by atoms with Crippen LogP contribution < -0.4 is 4.90 Å². The van der Waals surface area contributed by atoms with Gasteiger partial charge in [0.2, 0.25) is 0 Å². The minimum atomic E-state index is -0.758. The van der Waals surface area contributed by atoms with E-state index in [4.69, 9.17) is 4.74 Å². The maximum absolute atomic E-state index is 12.8. The number of hydrogen-bond donors (Lipinski definition) is 1. The summed E-state index contributed by atoms with van der Waals surface area (Å²) in [6.07, 6.45) is 0. The molecule has 0 saturated carbocycles. The number of carbonyl (C=O) groups is 3. The fourth-order valence-corrected chi connectivity index (χ4v) is 3.43. The van der Waals surface area contributed by atoms with Crippen molar-refractivity contribution in [2.75, 3.05) is 11.5 Å². The van der Waals surface area contributed by atoms with Gasteiger partial charge in [0.15, 0.2) is 11.5 Å². The molecule has 28 heavy (non-hydrogen) atoms. The van der Waals surface area contributed by atoms with E-state index < -0.39 is 23.7 Å². The second kappa shape index (κ2) is 7.98. The molecule has 0 saturated heterocycles. The number of ether oxygens (including phenoxy) is 1. The topological polar surface area (TPSA) is 83.9 Å². The maximum Gasteiger partial charge on any atom is 0.338 e. The molecule has 1 amide bonds. The average Bonchev–Trinajstić information content (AvgIpc) is 2.94. The summed E-state index contributed by atoms with van der Waals surface area (Å²) < 4.78 is 5.82. The van der Waals surface area contributed by atoms with E-state index in [0.717, 1.165) is 4.47 Å². The minimum absolute atomic E-state index is 0.0433. The highest BCUT2D eigenvalue weighted by molar-refractivity contribution is 9.10. The number of rotatable bonds is 5. The van der Waals surface area contributed by atoms with E-state index in [1.165, 1.54) is 11.8 Å². The Hall–Kier alpha value is -2.93. The van der Waals surface area contributed by atoms with Gasteiger partial charge >= 0.3 is 5.97 Å². The molecule has 0 unspecified atom stereocenters. The van der Waals surface area contributed by atoms with Crippen LogP contribution >= 0.6 is 15.9 Å². The summed E-state index contributed by atoms with van der Waals surface area (Å²) in [5, 5.41) is 10.3. The third-order valence-electron chi connectivity index (χ3n) is 4.43. The van der Waals surface area contributed by atoms with Gasteiger partial charge in [-0.3, -0.25) is 14.5 Å². The summed E-state index contributed by atoms with van der Waals surface area (Å²) >= 11 is 3.36. The fraction of sp³-hybridized carbons (Fsp3) is 0.190. The number of hydrogen-bond acceptors (Lipinski definition) is 5. The molecule has 0 aromatic heterocycles. The molecule has 1 aliphatic rings. The van der Waals surface area contributed by atoms with E-state index >= 15 is 0 Å². The van der Waals surface area contributed by atoms with E-state index in [9.17, 15) is 19.5 Å². The Morgan fingerprint density at radius 3 is 2.25 bits per heavy atom. The third-order valence-corrected chi connectivity index (χ3v) is 4.96. The molecule has 7 heteroatoms. The van der Waals surface area contributed by atoms with Crippen LogP contribution in [0.1, 0.15) is 35.8 Å². The van der Waals surface area contributed by atoms with Crippen molar-refractivity contribution in [3.05, 3.63) is 75.5 Å². The van der Waals surface area contributed by atoms with Crippen LogP contribution in [0.5, 0.6) is 0 Å². The van der Waals surface area contributed by atoms with Crippen molar-refractivity contribution in [1.29, 1.82) is 0 Å². The summed E-state index contributed by atoms with van der Waals surface area (Å²) in [6.45, 7) is 3.30. The molecule has 0 aliphatic carbocycles. The average molecular weight is 444 g/mol. The van der Waals surface area contributed by atoms with Crippen LogP contribution in [-0.4, -0.2) is 29.4 Å². The highest BCUT2D eigenvalue weighted by atomic mass is 79.9. The Kier molecular flexibility index (Phi) is 5.65. The van der Waals surface area contributed by atoms with Crippen molar-refractivity contribution in [1.82, 2.24) is 0 Å². The first-order chi connectivity index (χ1) is 13.3. The Labute approximate surface area is 170 Å². The van der Waals surface area contributed by atoms with Crippen LogP contribution in [0, 0.1) is 0 Å². The smallest absolute Gasteiger partial charge is 0.338 e. The lowest BCUT2D eigenvalue weighted by Gasteiger charge is -2.26. The van der Waals surface area contributed by atoms with Gasteiger partial charge in [0, 0.05) is 10.2 Å². The molecule has 3 rings (SSSR count). The van der Waals surface area contributed by atoms with Gasteiger partial charge in [-0.15, -0.1) is 0 Å². The highest BCUT2D eigenvalue weighted by Gasteiger charge is 2.43. The zero-order chi connectivity index (χ0) is 20.4. The normalized spacial score (nSPS) is 16.5. The van der Waals surface area contributed by atoms with Crippen molar-refractivity contribution in [2.24, 2.45) is 0 Å². The number of Topliss-reactive ketones (excluding diaryl/α,β-unsaturated/α-hetero) is 1. The quantitative estimate of drug-likeness (QED) is 0.702. The molecular weight excluding hydrogens is 426 g/mol. The summed E-state index contributed by atoms with van der Waals surface area (Å²) in [5.74, 6) is -2.07. The van der Waals surface area contributed by atoms with Crippen molar-refractivity contribution < 1.29 is 24.2 Å². The number of benzene rings is 2. The van der Waals surface area contributed by atoms with Crippen LogP contribution in [0.4, 0.5) is 5.69 Å². The second-order valence-corrected chi connectivity index (χ2v) is 7.13. The molecule has 1 aliphatic heterocycles. The molecule has 2 aromatic rings. The molecule has 1 heterocycles. The Bertz CT molecular complexity index is 963. The Morgan fingerprint density at radius 2 is 1.71 bits per heavy atom. The SMILES string of the molecule is CCOC(=O)c1ccc(N2C(=O)C(O)=C(C(C)=O)[C@H]2c2ccc(Br)cc2)cc1. The zero-order valence-corrected chi connectivity index (χ0v) is 16.9. The van der Waals surface area contributed by atoms with Gasteiger partial charge in [0.1, 0.15) is 0 Å². The first-order valence-electron chi connectivity index (χ1n) is 8.65. The van der Waals surface area contributed by atoms with E-state index in [1.807, 2.05) is 0 Å². The number of nitrogens with zero attached hydrogens (tertiary/aromatic N) is 1. The third kappa shape index (κ3) is 3.57. The molecule has 0 bridgehead atoms. The van der Waals surface area contributed by atoms with Crippen LogP contribution in [0.25, 0.3) is 0 Å². The largest absolute Gasteiger partial charge is 0.503 e. The van der Waals surface area contributed by atoms with Crippen LogP contribution in [0.3, 0.4) is 0 Å². The van der Waals surface area contributed by atoms with Gasteiger partial charge in [-0.05, 0) is 55.8 Å². The number of halogens is 1. The van der Waals surface area contributed by atoms with Crippen molar-refractivity contribution in [3.63, 3.8) is 0 Å². The maximum atomic E-state index is 12.8. The molecule has 1 atom stereocenters. The van der Waals surface area contributed by atoms with Crippen molar-refractivity contribution >= 4 is 39.3 Å². The van der Waals surface area contributed by atoms with Gasteiger partial charge in [-0.1, -0.05) is 28.1 Å². The second-order valence-electron chi connectivity index (χ2n) is 6.22. The number of carbonyl (C=O) groups excluding carboxylic acids is 3. The number of amides is 1. The van der Waals surface area contributed by atoms with Gasteiger partial charge in [-0.25, -0.2) is 4.79 Å². The predicted octanol–water partition coefficient (Wildman–Crippen LogP) is 4.11. The van der Waals surface area contributed by atoms with Crippen LogP contribution in [0.2, 0.25) is 0 Å². The predicted molar refractivity (Wildman–Crippen MR) is 107 cm³/mol. The van der Waals surface area contributed by atoms with E-state index in [-0.39, 0.29) is 18.0 Å². The zero-order valence-electron chi connectivity index (χ0n) is 15.3. The monoisotopic (exact) mass is 443 g/mol. The van der Waals surface area contributed by atoms with Crippen molar-refractivity contribution in [3.8, 4) is 0 Å². The molecule has 144 valence electrons. The molecule has 0 fully saturated rings. The first kappa shape index (κ1) is 19.8. The van der Waals surface area contributed by atoms with Crippen LogP contribution in [0.15, 0.2) is 64.3 Å². The Balaban J connectivity index is 2.05. The number of aliphatic hydroxyl groups is 1. The number of esters is 1. The molecule has 6 nitrogen and oxygen atoms in total. The number of ketones is 1. The lowest BCUT2D eigenvalue weighted by Crippen LogP contribution is -2.30. The highest BCUT2D eigenvalue weighted by Crippen LogP contribution is 2.41. The summed E-state index contributed by atoms with van der Waals surface area (Å²) in [6, 6.07) is 12.7. The summed E-state index contributed by atoms with van der Waals surface area (Å²) in [5.41, 5.74) is 1.53. The van der Waals surface area contributed by atoms with E-state index in [1.54, 1.807) is 55.5 Å². The standard InChI is InChI=1S/C21H18BrNO5/c1-3-28-21(27)14-6-10-16(11-7-14)23-18(13-4-8-15(22)9-5-13)17(12(2)24)19(25)20(23)26/h4-11,18,25H,3H2,1-2H3/t18-/m1/s1. The fourth-order valence-electron chi connectivity index (χ4n) is 3.16. The van der Waals surface area contributed by atoms with Gasteiger partial charge in [0.25, 0.3) is 5.91 Å². The lowest BCUT2D eigenvalue weighted by atomic mass is 9.96. The number of aliphatic hydroxyl groups excluding tert-OH is 1. The lowest BCUT2D eigenvalue weighted by molar-refractivity contribution is -0.117. The van der Waals surface area contributed by atoms with E-state index in [2.05, 4.69) is 15.9 Å². The molecule has 1 N–H and O–H groups in total. The summed E-state index contributed by atoms with van der Waals surface area (Å²) in [4.78, 5) is 38.1. The minimum Gasteiger partial charge on any atom is -0.503 e. The van der Waals surface area contributed by atoms with E-state index in [0.29, 0.717) is 16.8 Å². The van der Waals surface area contributed by atoms with Crippen LogP contribution in [-0.2, 0) is 14.3 Å². The van der Waals surface area contributed by atoms with Gasteiger partial charge in [-0.2, -0.15) is 0 Å². The molecular formula is C21H18BrNO5. The Morgan fingerprint density at radius 1 is 1.11 bits per heavy atom. The molecule has 0 spiro atoms. The van der Waals surface area contributed by atoms with Gasteiger partial charge in [0.05, 0.1) is 23.8 Å².